The highest BCUT2D eigenvalue weighted by Gasteiger charge is 2.21. The number of hydrogen-bond acceptors (Lipinski definition) is 4. The van der Waals surface area contributed by atoms with Gasteiger partial charge in [0.05, 0.1) is 12.1 Å². The molecule has 0 atom stereocenters. The number of H-pyrrole nitrogens is 1. The van der Waals surface area contributed by atoms with E-state index in [4.69, 9.17) is 10.5 Å². The Morgan fingerprint density at radius 3 is 3.15 bits per heavy atom. The molecular weight excluding hydrogens is 256 g/mol. The fourth-order valence-corrected chi connectivity index (χ4v) is 2.06. The molecule has 4 N–H and O–H groups in total. The predicted octanol–water partition coefficient (Wildman–Crippen LogP) is 1.30. The van der Waals surface area contributed by atoms with E-state index >= 15 is 0 Å². The molecule has 1 aromatic carbocycles. The number of nitrogen functional groups attached to an aromatic ring is 1. The number of carbonyl (C=O) groups excluding carboxylic acids is 1. The Labute approximate surface area is 116 Å². The molecule has 2 aromatic rings. The van der Waals surface area contributed by atoms with E-state index in [0.717, 1.165) is 23.4 Å². The van der Waals surface area contributed by atoms with E-state index in [9.17, 15) is 4.79 Å². The minimum atomic E-state index is -0.211. The van der Waals surface area contributed by atoms with Crippen LogP contribution in [0.2, 0.25) is 0 Å². The quantitative estimate of drug-likeness (QED) is 0.547. The summed E-state index contributed by atoms with van der Waals surface area (Å²) in [6, 6.07) is 5.33. The molecule has 106 valence electrons. The second-order valence-corrected chi connectivity index (χ2v) is 5.15. The van der Waals surface area contributed by atoms with Crippen LogP contribution in [0, 0.1) is 5.92 Å². The van der Waals surface area contributed by atoms with Gasteiger partial charge in [0, 0.05) is 24.2 Å². The molecule has 1 fully saturated rings. The summed E-state index contributed by atoms with van der Waals surface area (Å²) in [6.45, 7) is 1.83. The summed E-state index contributed by atoms with van der Waals surface area (Å²) in [5.41, 5.74) is 7.51. The molecule has 20 heavy (non-hydrogen) atoms. The number of carbonyl (C=O) groups is 1. The van der Waals surface area contributed by atoms with Gasteiger partial charge in [-0.05, 0) is 37.0 Å². The van der Waals surface area contributed by atoms with Crippen molar-refractivity contribution in [1.82, 2.24) is 15.5 Å². The topological polar surface area (TPSA) is 93.0 Å². The summed E-state index contributed by atoms with van der Waals surface area (Å²) in [5, 5.41) is 10.4. The summed E-state index contributed by atoms with van der Waals surface area (Å²) in [5.74, 6) is 0.529. The first-order valence-electron chi connectivity index (χ1n) is 6.83. The summed E-state index contributed by atoms with van der Waals surface area (Å²) in [6.07, 6.45) is 2.54. The number of aromatic amines is 1. The van der Waals surface area contributed by atoms with E-state index in [2.05, 4.69) is 15.5 Å². The highest BCUT2D eigenvalue weighted by molar-refractivity contribution is 6.05. The molecule has 0 radical (unpaired) electrons. The lowest BCUT2D eigenvalue weighted by Crippen LogP contribution is -2.28. The number of nitrogens with two attached hydrogens (primary N) is 1. The molecule has 0 unspecified atom stereocenters. The first kappa shape index (κ1) is 12.9. The largest absolute Gasteiger partial charge is 0.399 e. The zero-order valence-corrected chi connectivity index (χ0v) is 11.2. The number of anilines is 1. The molecule has 0 bridgehead atoms. The smallest absolute Gasteiger partial charge is 0.272 e. The van der Waals surface area contributed by atoms with Gasteiger partial charge < -0.3 is 15.8 Å². The van der Waals surface area contributed by atoms with Gasteiger partial charge >= 0.3 is 0 Å². The van der Waals surface area contributed by atoms with Crippen molar-refractivity contribution in [2.45, 2.75) is 12.8 Å². The third-order valence-electron chi connectivity index (χ3n) is 3.38. The Morgan fingerprint density at radius 1 is 1.50 bits per heavy atom. The normalized spacial score (nSPS) is 14.6. The lowest BCUT2D eigenvalue weighted by molar-refractivity contribution is 0.0903. The highest BCUT2D eigenvalue weighted by atomic mass is 16.5. The van der Waals surface area contributed by atoms with Crippen molar-refractivity contribution in [3.05, 3.63) is 23.9 Å². The van der Waals surface area contributed by atoms with Crippen molar-refractivity contribution >= 4 is 22.5 Å². The molecular formula is C14H18N4O2. The molecule has 1 saturated carbocycles. The predicted molar refractivity (Wildman–Crippen MR) is 76.4 cm³/mol. The second kappa shape index (κ2) is 5.50. The van der Waals surface area contributed by atoms with Crippen LogP contribution in [0.25, 0.3) is 10.9 Å². The average Bonchev–Trinajstić information content (AvgIpc) is 3.16. The van der Waals surface area contributed by atoms with Gasteiger partial charge in [-0.1, -0.05) is 0 Å². The van der Waals surface area contributed by atoms with Gasteiger partial charge in [0.1, 0.15) is 0 Å². The summed E-state index contributed by atoms with van der Waals surface area (Å²) < 4.78 is 5.47. The van der Waals surface area contributed by atoms with E-state index in [1.54, 1.807) is 12.1 Å². The van der Waals surface area contributed by atoms with Crippen molar-refractivity contribution in [1.29, 1.82) is 0 Å². The first-order chi connectivity index (χ1) is 9.74. The van der Waals surface area contributed by atoms with Crippen LogP contribution in [-0.2, 0) is 4.74 Å². The van der Waals surface area contributed by atoms with E-state index in [-0.39, 0.29) is 5.91 Å². The van der Waals surface area contributed by atoms with Crippen LogP contribution in [-0.4, -0.2) is 35.9 Å². The maximum atomic E-state index is 12.1. The Morgan fingerprint density at radius 2 is 2.35 bits per heavy atom. The van der Waals surface area contributed by atoms with Crippen molar-refractivity contribution in [2.75, 3.05) is 25.5 Å². The number of nitrogens with one attached hydrogen (secondary N) is 2. The Balaban J connectivity index is 1.56. The lowest BCUT2D eigenvalue weighted by Gasteiger charge is -2.04. The van der Waals surface area contributed by atoms with Crippen LogP contribution in [0.15, 0.2) is 18.2 Å². The minimum Gasteiger partial charge on any atom is -0.399 e. The van der Waals surface area contributed by atoms with Gasteiger partial charge in [0.2, 0.25) is 0 Å². The Hall–Kier alpha value is -2.08. The standard InChI is InChI=1S/C14H18N4O2/c15-10-3-4-12-11(7-10)13(18-17-12)14(19)16-5-6-20-8-9-1-2-9/h3-4,7,9H,1-2,5-6,8,15H2,(H,16,19)(H,17,18). The third-order valence-corrected chi connectivity index (χ3v) is 3.38. The SMILES string of the molecule is Nc1ccc2[nH]nc(C(=O)NCCOCC3CC3)c2c1. The van der Waals surface area contributed by atoms with E-state index < -0.39 is 0 Å². The molecule has 0 saturated heterocycles. The number of amides is 1. The van der Waals surface area contributed by atoms with Crippen LogP contribution in [0.5, 0.6) is 0 Å². The molecule has 0 aliphatic heterocycles. The summed E-state index contributed by atoms with van der Waals surface area (Å²) >= 11 is 0. The third kappa shape index (κ3) is 2.91. The lowest BCUT2D eigenvalue weighted by atomic mass is 10.2. The van der Waals surface area contributed by atoms with Crippen molar-refractivity contribution in [2.24, 2.45) is 5.92 Å². The zero-order chi connectivity index (χ0) is 13.9. The number of rotatable bonds is 6. The molecule has 1 heterocycles. The van der Waals surface area contributed by atoms with E-state index in [1.165, 1.54) is 12.8 Å². The second-order valence-electron chi connectivity index (χ2n) is 5.15. The van der Waals surface area contributed by atoms with E-state index in [0.29, 0.717) is 24.5 Å². The number of aromatic nitrogens is 2. The molecule has 6 nitrogen and oxygen atoms in total. The summed E-state index contributed by atoms with van der Waals surface area (Å²) in [4.78, 5) is 12.1. The maximum Gasteiger partial charge on any atom is 0.272 e. The average molecular weight is 274 g/mol. The van der Waals surface area contributed by atoms with Crippen LogP contribution < -0.4 is 11.1 Å². The van der Waals surface area contributed by atoms with Crippen LogP contribution in [0.1, 0.15) is 23.3 Å². The van der Waals surface area contributed by atoms with Gasteiger partial charge in [-0.2, -0.15) is 5.10 Å². The Kier molecular flexibility index (Phi) is 3.56. The number of fused-ring (bicyclic) bond motifs is 1. The molecule has 3 rings (SSSR count). The zero-order valence-electron chi connectivity index (χ0n) is 11.2. The van der Waals surface area contributed by atoms with E-state index in [1.807, 2.05) is 6.07 Å². The van der Waals surface area contributed by atoms with Crippen LogP contribution >= 0.6 is 0 Å². The molecule has 1 aliphatic rings. The fourth-order valence-electron chi connectivity index (χ4n) is 2.06. The van der Waals surface area contributed by atoms with Gasteiger partial charge in [-0.15, -0.1) is 0 Å². The number of hydrogen-bond donors (Lipinski definition) is 3. The van der Waals surface area contributed by atoms with Gasteiger partial charge in [0.15, 0.2) is 5.69 Å². The van der Waals surface area contributed by atoms with Crippen molar-refractivity contribution < 1.29 is 9.53 Å². The maximum absolute atomic E-state index is 12.1. The van der Waals surface area contributed by atoms with Crippen LogP contribution in [0.3, 0.4) is 0 Å². The molecule has 1 amide bonds. The minimum absolute atomic E-state index is 0.211. The first-order valence-corrected chi connectivity index (χ1v) is 6.83. The molecule has 6 heteroatoms. The van der Waals surface area contributed by atoms with Gasteiger partial charge in [-0.3, -0.25) is 9.89 Å². The fraction of sp³-hybridized carbons (Fsp3) is 0.429. The molecule has 1 aliphatic carbocycles. The Bertz CT molecular complexity index is 619. The number of nitrogens with zero attached hydrogens (tertiary/aromatic N) is 1. The van der Waals surface area contributed by atoms with Gasteiger partial charge in [-0.25, -0.2) is 0 Å². The van der Waals surface area contributed by atoms with Crippen LogP contribution in [0.4, 0.5) is 5.69 Å². The van der Waals surface area contributed by atoms with Crippen molar-refractivity contribution in [3.63, 3.8) is 0 Å². The van der Waals surface area contributed by atoms with Crippen molar-refractivity contribution in [3.8, 4) is 0 Å². The molecule has 0 spiro atoms. The highest BCUT2D eigenvalue weighted by Crippen LogP contribution is 2.28. The number of benzene rings is 1. The monoisotopic (exact) mass is 274 g/mol. The van der Waals surface area contributed by atoms with Gasteiger partial charge in [0.25, 0.3) is 5.91 Å². The number of ether oxygens (including phenoxy) is 1. The molecule has 1 aromatic heterocycles. The summed E-state index contributed by atoms with van der Waals surface area (Å²) in [7, 11) is 0.